The van der Waals surface area contributed by atoms with Crippen LogP contribution < -0.4 is 10.1 Å². The number of hydrogen-bond acceptors (Lipinski definition) is 5. The van der Waals surface area contributed by atoms with Gasteiger partial charge in [0.2, 0.25) is 0 Å². The number of carbonyl (C=O) groups excluding carboxylic acids is 1. The van der Waals surface area contributed by atoms with Crippen LogP contribution in [0, 0.1) is 6.92 Å². The Kier molecular flexibility index (Phi) is 6.19. The van der Waals surface area contributed by atoms with E-state index < -0.39 is 0 Å². The molecule has 140 valence electrons. The first kappa shape index (κ1) is 19.0. The molecular weight excluding hydrogens is 358 g/mol. The van der Waals surface area contributed by atoms with E-state index in [9.17, 15) is 4.79 Å². The third-order valence-electron chi connectivity index (χ3n) is 4.16. The van der Waals surface area contributed by atoms with E-state index in [0.717, 1.165) is 21.1 Å². The summed E-state index contributed by atoms with van der Waals surface area (Å²) in [5.74, 6) is 1.02. The van der Waals surface area contributed by atoms with Crippen LogP contribution in [0.5, 0.6) is 5.75 Å². The molecule has 5 nitrogen and oxygen atoms in total. The molecule has 0 spiro atoms. The summed E-state index contributed by atoms with van der Waals surface area (Å²) in [7, 11) is 0. The summed E-state index contributed by atoms with van der Waals surface area (Å²) in [6.45, 7) is 6.67. The second-order valence-electron chi connectivity index (χ2n) is 6.56. The van der Waals surface area contributed by atoms with Crippen molar-refractivity contribution < 1.29 is 9.53 Å². The second-order valence-corrected chi connectivity index (χ2v) is 7.64. The molecule has 0 aliphatic carbocycles. The maximum Gasteiger partial charge on any atom is 0.258 e. The van der Waals surface area contributed by atoms with Crippen molar-refractivity contribution in [3.8, 4) is 16.3 Å². The SMILES string of the molecule is Cc1nc(-c2cccnc2)sc1CNC(=O)COc1ccc(C(C)C)cc1. The number of thiazole rings is 1. The van der Waals surface area contributed by atoms with Gasteiger partial charge >= 0.3 is 0 Å². The highest BCUT2D eigenvalue weighted by Crippen LogP contribution is 2.27. The molecule has 0 radical (unpaired) electrons. The number of aromatic nitrogens is 2. The Morgan fingerprint density at radius 3 is 2.67 bits per heavy atom. The third kappa shape index (κ3) is 5.14. The maximum absolute atomic E-state index is 12.1. The minimum absolute atomic E-state index is 0.00562. The van der Waals surface area contributed by atoms with Gasteiger partial charge in [0, 0.05) is 22.8 Å². The van der Waals surface area contributed by atoms with Gasteiger partial charge in [-0.25, -0.2) is 4.98 Å². The van der Waals surface area contributed by atoms with E-state index >= 15 is 0 Å². The van der Waals surface area contributed by atoms with E-state index in [1.807, 2.05) is 43.3 Å². The van der Waals surface area contributed by atoms with E-state index in [2.05, 4.69) is 29.1 Å². The van der Waals surface area contributed by atoms with Gasteiger partial charge in [-0.2, -0.15) is 0 Å². The van der Waals surface area contributed by atoms with Crippen LogP contribution in [-0.2, 0) is 11.3 Å². The number of aryl methyl sites for hydroxylation is 1. The van der Waals surface area contributed by atoms with E-state index in [4.69, 9.17) is 4.74 Å². The van der Waals surface area contributed by atoms with Crippen LogP contribution in [0.1, 0.15) is 35.9 Å². The maximum atomic E-state index is 12.1. The molecule has 3 rings (SSSR count). The summed E-state index contributed by atoms with van der Waals surface area (Å²) in [6, 6.07) is 11.7. The minimum Gasteiger partial charge on any atom is -0.484 e. The number of benzene rings is 1. The first-order chi connectivity index (χ1) is 13.0. The predicted octanol–water partition coefficient (Wildman–Crippen LogP) is 4.33. The molecule has 2 heterocycles. The summed E-state index contributed by atoms with van der Waals surface area (Å²) in [5.41, 5.74) is 3.15. The molecule has 1 N–H and O–H groups in total. The molecule has 0 bridgehead atoms. The smallest absolute Gasteiger partial charge is 0.258 e. The zero-order chi connectivity index (χ0) is 19.2. The predicted molar refractivity (Wildman–Crippen MR) is 108 cm³/mol. The molecule has 0 fully saturated rings. The summed E-state index contributed by atoms with van der Waals surface area (Å²) >= 11 is 1.57. The van der Waals surface area contributed by atoms with Gasteiger partial charge in [-0.05, 0) is 42.7 Å². The molecule has 0 aliphatic rings. The lowest BCUT2D eigenvalue weighted by Crippen LogP contribution is -2.28. The van der Waals surface area contributed by atoms with Crippen LogP contribution in [0.15, 0.2) is 48.8 Å². The van der Waals surface area contributed by atoms with Gasteiger partial charge in [0.25, 0.3) is 5.91 Å². The van der Waals surface area contributed by atoms with Crippen molar-refractivity contribution in [1.82, 2.24) is 15.3 Å². The van der Waals surface area contributed by atoms with E-state index in [-0.39, 0.29) is 12.5 Å². The molecule has 1 amide bonds. The van der Waals surface area contributed by atoms with Gasteiger partial charge in [0.1, 0.15) is 10.8 Å². The number of carbonyl (C=O) groups is 1. The number of rotatable bonds is 7. The molecule has 6 heteroatoms. The van der Waals surface area contributed by atoms with Gasteiger partial charge < -0.3 is 10.1 Å². The molecule has 0 saturated heterocycles. The van der Waals surface area contributed by atoms with E-state index in [1.54, 1.807) is 23.7 Å². The Labute approximate surface area is 163 Å². The highest BCUT2D eigenvalue weighted by molar-refractivity contribution is 7.15. The average Bonchev–Trinajstić information content (AvgIpc) is 3.06. The monoisotopic (exact) mass is 381 g/mol. The fourth-order valence-electron chi connectivity index (χ4n) is 2.53. The lowest BCUT2D eigenvalue weighted by Gasteiger charge is -2.09. The number of nitrogens with one attached hydrogen (secondary N) is 1. The van der Waals surface area contributed by atoms with Gasteiger partial charge in [-0.1, -0.05) is 26.0 Å². The van der Waals surface area contributed by atoms with Gasteiger partial charge in [-0.3, -0.25) is 9.78 Å². The molecular formula is C21H23N3O2S. The van der Waals surface area contributed by atoms with Crippen molar-refractivity contribution in [3.63, 3.8) is 0 Å². The Bertz CT molecular complexity index is 890. The topological polar surface area (TPSA) is 64.1 Å². The van der Waals surface area contributed by atoms with Gasteiger partial charge in [0.05, 0.1) is 12.2 Å². The van der Waals surface area contributed by atoms with Crippen molar-refractivity contribution in [1.29, 1.82) is 0 Å². The zero-order valence-electron chi connectivity index (χ0n) is 15.7. The van der Waals surface area contributed by atoms with Crippen molar-refractivity contribution in [2.45, 2.75) is 33.2 Å². The second kappa shape index (κ2) is 8.77. The molecule has 0 saturated carbocycles. The molecule has 27 heavy (non-hydrogen) atoms. The molecule has 1 aromatic carbocycles. The minimum atomic E-state index is -0.154. The van der Waals surface area contributed by atoms with Crippen LogP contribution in [0.2, 0.25) is 0 Å². The third-order valence-corrected chi connectivity index (χ3v) is 5.37. The van der Waals surface area contributed by atoms with Crippen molar-refractivity contribution in [3.05, 3.63) is 64.9 Å². The Balaban J connectivity index is 1.51. The van der Waals surface area contributed by atoms with Crippen LogP contribution in [-0.4, -0.2) is 22.5 Å². The fourth-order valence-corrected chi connectivity index (χ4v) is 3.52. The molecule has 0 aliphatic heterocycles. The van der Waals surface area contributed by atoms with Crippen LogP contribution >= 0.6 is 11.3 Å². The largest absolute Gasteiger partial charge is 0.484 e. The Morgan fingerprint density at radius 1 is 1.22 bits per heavy atom. The van der Waals surface area contributed by atoms with Gasteiger partial charge in [0.15, 0.2) is 6.61 Å². The van der Waals surface area contributed by atoms with Crippen LogP contribution in [0.4, 0.5) is 0 Å². The normalized spacial score (nSPS) is 10.8. The van der Waals surface area contributed by atoms with Crippen LogP contribution in [0.25, 0.3) is 10.6 Å². The summed E-state index contributed by atoms with van der Waals surface area (Å²) in [6.07, 6.45) is 3.53. The zero-order valence-corrected chi connectivity index (χ0v) is 16.5. The lowest BCUT2D eigenvalue weighted by molar-refractivity contribution is -0.123. The van der Waals surface area contributed by atoms with Crippen molar-refractivity contribution in [2.24, 2.45) is 0 Å². The Morgan fingerprint density at radius 2 is 2.00 bits per heavy atom. The number of ether oxygens (including phenoxy) is 1. The number of pyridine rings is 1. The summed E-state index contributed by atoms with van der Waals surface area (Å²) in [4.78, 5) is 21.8. The summed E-state index contributed by atoms with van der Waals surface area (Å²) < 4.78 is 5.56. The first-order valence-corrected chi connectivity index (χ1v) is 9.70. The lowest BCUT2D eigenvalue weighted by atomic mass is 10.0. The first-order valence-electron chi connectivity index (χ1n) is 8.89. The molecule has 0 atom stereocenters. The highest BCUT2D eigenvalue weighted by Gasteiger charge is 2.11. The van der Waals surface area contributed by atoms with Crippen molar-refractivity contribution in [2.75, 3.05) is 6.61 Å². The van der Waals surface area contributed by atoms with Crippen molar-refractivity contribution >= 4 is 17.2 Å². The molecule has 0 unspecified atom stereocenters. The number of amides is 1. The van der Waals surface area contributed by atoms with E-state index in [0.29, 0.717) is 18.2 Å². The standard InChI is InChI=1S/C21H23N3O2S/c1-14(2)16-6-8-18(9-7-16)26-13-20(25)23-12-19-15(3)24-21(27-19)17-5-4-10-22-11-17/h4-11,14H,12-13H2,1-3H3,(H,23,25). The van der Waals surface area contributed by atoms with Gasteiger partial charge in [-0.15, -0.1) is 11.3 Å². The molecule has 2 aromatic heterocycles. The Hall–Kier alpha value is -2.73. The summed E-state index contributed by atoms with van der Waals surface area (Å²) in [5, 5.41) is 3.80. The quantitative estimate of drug-likeness (QED) is 0.661. The average molecular weight is 382 g/mol. The number of hydrogen-bond donors (Lipinski definition) is 1. The highest BCUT2D eigenvalue weighted by atomic mass is 32.1. The van der Waals surface area contributed by atoms with E-state index in [1.165, 1.54) is 5.56 Å². The van der Waals surface area contributed by atoms with Crippen LogP contribution in [0.3, 0.4) is 0 Å². The molecule has 3 aromatic rings. The fraction of sp³-hybridized carbons (Fsp3) is 0.286. The number of nitrogens with zero attached hydrogens (tertiary/aromatic N) is 2.